The van der Waals surface area contributed by atoms with Crippen LogP contribution in [0.25, 0.3) is 11.1 Å². The summed E-state index contributed by atoms with van der Waals surface area (Å²) in [6, 6.07) is 8.49. The molecular formula is C28H39N5O2S. The van der Waals surface area contributed by atoms with E-state index in [1.807, 2.05) is 11.6 Å². The zero-order valence-corrected chi connectivity index (χ0v) is 23.8. The number of nitrogens with two attached hydrogens (primary N) is 1. The molecule has 36 heavy (non-hydrogen) atoms. The Morgan fingerprint density at radius 2 is 1.75 bits per heavy atom. The smallest absolute Gasteiger partial charge is 0.405 e. The van der Waals surface area contributed by atoms with Crippen LogP contribution in [0.3, 0.4) is 0 Å². The van der Waals surface area contributed by atoms with E-state index in [9.17, 15) is 4.79 Å². The summed E-state index contributed by atoms with van der Waals surface area (Å²) in [5.41, 5.74) is 12.4. The number of thioether (sulfide) groups is 1. The minimum Gasteiger partial charge on any atom is -0.441 e. The molecule has 2 aromatic heterocycles. The van der Waals surface area contributed by atoms with Crippen LogP contribution in [0.2, 0.25) is 0 Å². The molecule has 0 saturated carbocycles. The van der Waals surface area contributed by atoms with Crippen molar-refractivity contribution >= 4 is 17.9 Å². The van der Waals surface area contributed by atoms with Crippen LogP contribution in [0.4, 0.5) is 4.79 Å². The summed E-state index contributed by atoms with van der Waals surface area (Å²) in [6.07, 6.45) is 1.06. The number of hydrogen-bond acceptors (Lipinski definition) is 6. The zero-order valence-electron chi connectivity index (χ0n) is 23.0. The third kappa shape index (κ3) is 6.66. The summed E-state index contributed by atoms with van der Waals surface area (Å²) >= 11 is 1.61. The lowest BCUT2D eigenvalue weighted by atomic mass is 9.77. The van der Waals surface area contributed by atoms with Gasteiger partial charge in [-0.25, -0.2) is 4.79 Å². The highest BCUT2D eigenvalue weighted by molar-refractivity contribution is 7.98. The second kappa shape index (κ2) is 10.6. The molecule has 0 radical (unpaired) electrons. The molecular weight excluding hydrogens is 470 g/mol. The number of ether oxygens (including phenoxy) is 1. The third-order valence-corrected chi connectivity index (χ3v) is 7.02. The Hall–Kier alpha value is -2.87. The van der Waals surface area contributed by atoms with Gasteiger partial charge in [0.1, 0.15) is 12.4 Å². The predicted molar refractivity (Wildman–Crippen MR) is 146 cm³/mol. The first-order chi connectivity index (χ1) is 16.7. The lowest BCUT2D eigenvalue weighted by Gasteiger charge is -2.35. The highest BCUT2D eigenvalue weighted by Crippen LogP contribution is 2.46. The van der Waals surface area contributed by atoms with Crippen LogP contribution in [0.1, 0.15) is 75.7 Å². The second-order valence-electron chi connectivity index (χ2n) is 11.7. The molecule has 0 fully saturated rings. The third-order valence-electron chi connectivity index (χ3n) is 5.96. The molecule has 1 aromatic carbocycles. The second-order valence-corrected chi connectivity index (χ2v) is 12.7. The van der Waals surface area contributed by atoms with Crippen molar-refractivity contribution in [2.24, 2.45) is 23.6 Å². The molecule has 194 valence electrons. The quantitative estimate of drug-likeness (QED) is 0.363. The number of primary amides is 1. The topological polar surface area (TPSA) is 95.9 Å². The summed E-state index contributed by atoms with van der Waals surface area (Å²) in [5.74, 6) is 0.644. The first-order valence-electron chi connectivity index (χ1n) is 12.2. The molecule has 1 atom stereocenters. The number of aryl methyl sites for hydroxylation is 3. The van der Waals surface area contributed by atoms with E-state index >= 15 is 0 Å². The standard InChI is InChI=1S/C28H39N5O2S/c1-17-10-12-19(13-11-17)22-20(15-36-26-32-30-16-33(26)9)18(2)31-21(14-27(3,4)5)23(22)24(28(6,7)8)35-25(29)34/h10-13,16,24H,14-15H2,1-9H3,(H2,29,34). The molecule has 8 heteroatoms. The van der Waals surface area contributed by atoms with Gasteiger partial charge in [-0.3, -0.25) is 4.98 Å². The molecule has 1 unspecified atom stereocenters. The van der Waals surface area contributed by atoms with Crippen LogP contribution in [-0.2, 0) is 24.0 Å². The van der Waals surface area contributed by atoms with E-state index < -0.39 is 17.6 Å². The SMILES string of the molecule is Cc1ccc(-c2c(CSc3nncn3C)c(C)nc(CC(C)(C)C)c2C(OC(N)=O)C(C)(C)C)cc1. The van der Waals surface area contributed by atoms with Crippen LogP contribution in [0, 0.1) is 24.7 Å². The maximum absolute atomic E-state index is 12.1. The fourth-order valence-electron chi connectivity index (χ4n) is 4.29. The number of carbonyl (C=O) groups is 1. The fraction of sp³-hybridized carbons (Fsp3) is 0.500. The van der Waals surface area contributed by atoms with Crippen molar-refractivity contribution in [2.45, 2.75) is 78.8 Å². The molecule has 1 amide bonds. The number of pyridine rings is 1. The highest BCUT2D eigenvalue weighted by Gasteiger charge is 2.36. The molecule has 0 aliphatic heterocycles. The van der Waals surface area contributed by atoms with Crippen LogP contribution in [-0.4, -0.2) is 25.8 Å². The van der Waals surface area contributed by atoms with Gasteiger partial charge < -0.3 is 15.0 Å². The molecule has 7 nitrogen and oxygen atoms in total. The lowest BCUT2D eigenvalue weighted by Crippen LogP contribution is -2.30. The van der Waals surface area contributed by atoms with Crippen molar-refractivity contribution in [3.63, 3.8) is 0 Å². The van der Waals surface area contributed by atoms with Gasteiger partial charge in [-0.05, 0) is 42.4 Å². The molecule has 2 heterocycles. The first kappa shape index (κ1) is 27.7. The number of hydrogen-bond donors (Lipinski definition) is 1. The van der Waals surface area contributed by atoms with Crippen LogP contribution >= 0.6 is 11.8 Å². The van der Waals surface area contributed by atoms with Gasteiger partial charge in [0.15, 0.2) is 5.16 Å². The summed E-state index contributed by atoms with van der Waals surface area (Å²) in [4.78, 5) is 17.3. The van der Waals surface area contributed by atoms with E-state index in [-0.39, 0.29) is 5.41 Å². The number of carbonyl (C=O) groups excluding carboxylic acids is 1. The van der Waals surface area contributed by atoms with Gasteiger partial charge in [-0.15, -0.1) is 10.2 Å². The van der Waals surface area contributed by atoms with E-state index in [1.54, 1.807) is 18.1 Å². The molecule has 0 saturated heterocycles. The number of rotatable bonds is 7. The molecule has 3 aromatic rings. The van der Waals surface area contributed by atoms with Crippen molar-refractivity contribution in [3.8, 4) is 11.1 Å². The van der Waals surface area contributed by atoms with Gasteiger partial charge >= 0.3 is 6.09 Å². The molecule has 0 bridgehead atoms. The Morgan fingerprint density at radius 3 is 2.25 bits per heavy atom. The molecule has 0 spiro atoms. The van der Waals surface area contributed by atoms with Crippen molar-refractivity contribution in [3.05, 3.63) is 58.7 Å². The minimum absolute atomic E-state index is 0.0250. The summed E-state index contributed by atoms with van der Waals surface area (Å²) in [7, 11) is 1.93. The Bertz CT molecular complexity index is 1220. The average molecular weight is 510 g/mol. The van der Waals surface area contributed by atoms with Crippen molar-refractivity contribution in [1.82, 2.24) is 19.7 Å². The Balaban J connectivity index is 2.36. The largest absolute Gasteiger partial charge is 0.441 e. The van der Waals surface area contributed by atoms with Crippen LogP contribution < -0.4 is 5.73 Å². The normalized spacial score (nSPS) is 13.0. The summed E-state index contributed by atoms with van der Waals surface area (Å²) in [6.45, 7) is 16.9. The minimum atomic E-state index is -0.790. The monoisotopic (exact) mass is 509 g/mol. The predicted octanol–water partition coefficient (Wildman–Crippen LogP) is 6.56. The van der Waals surface area contributed by atoms with Gasteiger partial charge in [0.05, 0.1) is 0 Å². The molecule has 0 aliphatic rings. The first-order valence-corrected chi connectivity index (χ1v) is 13.2. The van der Waals surface area contributed by atoms with Crippen molar-refractivity contribution in [1.29, 1.82) is 0 Å². The van der Waals surface area contributed by atoms with Gasteiger partial charge in [-0.2, -0.15) is 0 Å². The number of amides is 1. The van der Waals surface area contributed by atoms with Gasteiger partial charge in [0.25, 0.3) is 0 Å². The maximum Gasteiger partial charge on any atom is 0.405 e. The number of nitrogens with zero attached hydrogens (tertiary/aromatic N) is 4. The Morgan fingerprint density at radius 1 is 1.11 bits per heavy atom. The Labute approximate surface area is 219 Å². The summed E-state index contributed by atoms with van der Waals surface area (Å²) in [5, 5.41) is 9.09. The van der Waals surface area contributed by atoms with Crippen molar-refractivity contribution in [2.75, 3.05) is 0 Å². The van der Waals surface area contributed by atoms with E-state index in [0.29, 0.717) is 5.75 Å². The molecule has 3 rings (SSSR count). The van der Waals surface area contributed by atoms with E-state index in [0.717, 1.165) is 45.2 Å². The van der Waals surface area contributed by atoms with E-state index in [2.05, 4.69) is 89.9 Å². The zero-order chi connectivity index (χ0) is 26.8. The average Bonchev–Trinajstić information content (AvgIpc) is 3.14. The van der Waals surface area contributed by atoms with E-state index in [4.69, 9.17) is 15.5 Å². The lowest BCUT2D eigenvalue weighted by molar-refractivity contribution is 0.0352. The molecule has 2 N–H and O–H groups in total. The van der Waals surface area contributed by atoms with Crippen LogP contribution in [0.15, 0.2) is 35.7 Å². The van der Waals surface area contributed by atoms with Crippen LogP contribution in [0.5, 0.6) is 0 Å². The van der Waals surface area contributed by atoms with Gasteiger partial charge in [0, 0.05) is 35.2 Å². The van der Waals surface area contributed by atoms with Gasteiger partial charge in [-0.1, -0.05) is 83.1 Å². The number of benzene rings is 1. The Kier molecular flexibility index (Phi) is 8.18. The highest BCUT2D eigenvalue weighted by atomic mass is 32.2. The molecule has 0 aliphatic carbocycles. The van der Waals surface area contributed by atoms with E-state index in [1.165, 1.54) is 5.56 Å². The van der Waals surface area contributed by atoms with Gasteiger partial charge in [0.2, 0.25) is 0 Å². The maximum atomic E-state index is 12.1. The van der Waals surface area contributed by atoms with Crippen molar-refractivity contribution < 1.29 is 9.53 Å². The number of aromatic nitrogens is 4. The fourth-order valence-corrected chi connectivity index (χ4v) is 5.27. The summed E-state index contributed by atoms with van der Waals surface area (Å²) < 4.78 is 7.78.